The Labute approximate surface area is 348 Å². The number of piperidine rings is 2. The predicted octanol–water partition coefficient (Wildman–Crippen LogP) is 6.13. The molecular formula is C45H46ClN5O6. The number of phenols is 2. The smallest absolute Gasteiger partial charge is 0.262 e. The van der Waals surface area contributed by atoms with E-state index in [4.69, 9.17) is 22.6 Å². The van der Waals surface area contributed by atoms with E-state index in [0.717, 1.165) is 51.7 Å². The van der Waals surface area contributed by atoms with E-state index >= 15 is 0 Å². The molecule has 12 heteroatoms. The number of rotatable bonds is 10. The lowest BCUT2D eigenvalue weighted by Gasteiger charge is -2.40. The van der Waals surface area contributed by atoms with Crippen LogP contribution in [0.25, 0.3) is 11.1 Å². The molecule has 3 saturated heterocycles. The van der Waals surface area contributed by atoms with E-state index in [9.17, 15) is 29.4 Å². The van der Waals surface area contributed by atoms with Gasteiger partial charge in [0.15, 0.2) is 0 Å². The third-order valence-corrected chi connectivity index (χ3v) is 11.1. The fourth-order valence-corrected chi connectivity index (χ4v) is 8.07. The highest BCUT2D eigenvalue weighted by molar-refractivity contribution is 6.23. The molecular weight excluding hydrogens is 742 g/mol. The lowest BCUT2D eigenvalue weighted by molar-refractivity contribution is -0.136. The summed E-state index contributed by atoms with van der Waals surface area (Å²) in [7, 11) is 0. The zero-order chi connectivity index (χ0) is 46.8. The summed E-state index contributed by atoms with van der Waals surface area (Å²) in [5.41, 5.74) is 4.54. The number of benzene rings is 4. The van der Waals surface area contributed by atoms with Crippen LogP contribution in [-0.2, 0) is 9.59 Å². The lowest BCUT2D eigenvalue weighted by atomic mass is 9.88. The molecule has 11 nitrogen and oxygen atoms in total. The average Bonchev–Trinajstić information content (AvgIpc) is 3.51. The van der Waals surface area contributed by atoms with Crippen molar-refractivity contribution in [1.29, 1.82) is 0 Å². The van der Waals surface area contributed by atoms with E-state index in [-0.39, 0.29) is 47.9 Å². The number of phenolic OH excluding ortho intramolecular Hbond substituents is 2. The highest BCUT2D eigenvalue weighted by atomic mass is 35.5. The van der Waals surface area contributed by atoms with Gasteiger partial charge in [-0.1, -0.05) is 36.4 Å². The molecule has 1 atom stereocenters. The summed E-state index contributed by atoms with van der Waals surface area (Å²) in [6, 6.07) is 23.7. The van der Waals surface area contributed by atoms with E-state index < -0.39 is 61.3 Å². The molecule has 1 unspecified atom stereocenters. The summed E-state index contributed by atoms with van der Waals surface area (Å²) >= 11 is 6.32. The molecule has 57 heavy (non-hydrogen) atoms. The van der Waals surface area contributed by atoms with Crippen molar-refractivity contribution in [2.24, 2.45) is 5.92 Å². The highest BCUT2D eigenvalue weighted by Gasteiger charge is 2.45. The van der Waals surface area contributed by atoms with Gasteiger partial charge in [-0.15, -0.1) is 11.6 Å². The van der Waals surface area contributed by atoms with Gasteiger partial charge < -0.3 is 20.0 Å². The second kappa shape index (κ2) is 16.4. The number of nitrogens with zero attached hydrogens (tertiary/aromatic N) is 4. The maximum Gasteiger partial charge on any atom is 0.262 e. The molecule has 8 rings (SSSR count). The monoisotopic (exact) mass is 795 g/mol. The lowest BCUT2D eigenvalue weighted by Crippen LogP contribution is -2.54. The van der Waals surface area contributed by atoms with Crippen LogP contribution in [0.2, 0.25) is 0 Å². The number of nitrogens with one attached hydrogen (secondary N) is 1. The maximum atomic E-state index is 13.6. The van der Waals surface area contributed by atoms with Gasteiger partial charge in [0.1, 0.15) is 17.5 Å². The third kappa shape index (κ3) is 7.99. The van der Waals surface area contributed by atoms with Gasteiger partial charge in [-0.3, -0.25) is 34.3 Å². The Morgan fingerprint density at radius 1 is 0.702 bits per heavy atom. The molecule has 3 N–H and O–H groups in total. The van der Waals surface area contributed by atoms with Crippen molar-refractivity contribution >= 4 is 57.8 Å². The van der Waals surface area contributed by atoms with E-state index in [1.165, 1.54) is 0 Å². The number of piperazine rings is 1. The van der Waals surface area contributed by atoms with Gasteiger partial charge >= 0.3 is 0 Å². The first-order chi connectivity index (χ1) is 30.7. The molecule has 3 fully saturated rings. The number of alkyl halides is 1. The van der Waals surface area contributed by atoms with Crippen LogP contribution in [-0.4, -0.2) is 101 Å². The molecule has 4 aromatic rings. The van der Waals surface area contributed by atoms with Crippen molar-refractivity contribution in [2.75, 3.05) is 61.3 Å². The van der Waals surface area contributed by atoms with Crippen molar-refractivity contribution in [1.82, 2.24) is 15.1 Å². The van der Waals surface area contributed by atoms with Gasteiger partial charge in [0.05, 0.1) is 16.6 Å². The van der Waals surface area contributed by atoms with Crippen molar-refractivity contribution in [2.45, 2.75) is 38.1 Å². The normalized spacial score (nSPS) is 25.4. The second-order valence-electron chi connectivity index (χ2n) is 14.4. The number of amides is 4. The topological polar surface area (TPSA) is 134 Å². The molecule has 0 aliphatic carbocycles. The Hall–Kier alpha value is -5.65. The number of aromatic hydroxyl groups is 2. The Morgan fingerprint density at radius 3 is 1.89 bits per heavy atom. The van der Waals surface area contributed by atoms with E-state index in [1.54, 1.807) is 24.3 Å². The Morgan fingerprint density at radius 2 is 1.28 bits per heavy atom. The number of carbonyl (C=O) groups is 4. The van der Waals surface area contributed by atoms with Crippen LogP contribution in [0, 0.1) is 5.92 Å². The fraction of sp³-hybridized carbons (Fsp3) is 0.333. The van der Waals surface area contributed by atoms with Gasteiger partial charge in [-0.2, -0.15) is 0 Å². The van der Waals surface area contributed by atoms with E-state index in [1.807, 2.05) is 48.5 Å². The van der Waals surface area contributed by atoms with Crippen molar-refractivity contribution in [3.63, 3.8) is 0 Å². The maximum absolute atomic E-state index is 13.6. The van der Waals surface area contributed by atoms with Crippen LogP contribution in [0.3, 0.4) is 0 Å². The van der Waals surface area contributed by atoms with Crippen LogP contribution in [0.5, 0.6) is 11.5 Å². The predicted molar refractivity (Wildman–Crippen MR) is 221 cm³/mol. The summed E-state index contributed by atoms with van der Waals surface area (Å²) in [6.45, 7) is -12.0. The molecule has 4 aliphatic rings. The first-order valence-corrected chi connectivity index (χ1v) is 19.4. The first-order valence-electron chi connectivity index (χ1n) is 22.9. The molecule has 0 saturated carbocycles. The number of hydrogen-bond acceptors (Lipinski definition) is 9. The molecule has 0 radical (unpaired) electrons. The molecule has 4 amide bonds. The summed E-state index contributed by atoms with van der Waals surface area (Å²) in [5, 5.41) is 22.1. The number of anilines is 2. The average molecular weight is 796 g/mol. The zero-order valence-corrected chi connectivity index (χ0v) is 31.6. The van der Waals surface area contributed by atoms with E-state index in [0.29, 0.717) is 52.9 Å². The SMILES string of the molecule is [2H]C1([2H])N(CC2CCN(c3ccc(C(=C(CCCl)c4ccc(O)cc4)c4ccc(O)cc4)cc3)CC2)C([2H])([2H])C([2H])([2H])N(c2ccc3c(c2)C(=O)N(C2CCC(=O)NC2=O)C3=O)C1([2H])[2H]. The van der Waals surface area contributed by atoms with Crippen molar-refractivity contribution < 1.29 is 40.4 Å². The summed E-state index contributed by atoms with van der Waals surface area (Å²) in [5.74, 6) is -2.92. The minimum Gasteiger partial charge on any atom is -0.508 e. The van der Waals surface area contributed by atoms with Gasteiger partial charge in [0, 0.05) is 74.8 Å². The largest absolute Gasteiger partial charge is 0.508 e. The minimum atomic E-state index is -3.23. The van der Waals surface area contributed by atoms with Gasteiger partial charge in [-0.25, -0.2) is 0 Å². The molecule has 0 spiro atoms. The Bertz CT molecular complexity index is 2540. The summed E-state index contributed by atoms with van der Waals surface area (Å²) in [6.07, 6.45) is 1.23. The molecule has 0 aromatic heterocycles. The van der Waals surface area contributed by atoms with Crippen molar-refractivity contribution in [3.8, 4) is 11.5 Å². The number of halogens is 1. The first kappa shape index (κ1) is 29.6. The number of hydrogen-bond donors (Lipinski definition) is 3. The zero-order valence-electron chi connectivity index (χ0n) is 38.9. The van der Waals surface area contributed by atoms with Crippen LogP contribution in [0.4, 0.5) is 11.4 Å². The van der Waals surface area contributed by atoms with Crippen LogP contribution in [0.1, 0.15) is 80.5 Å². The fourth-order valence-electron chi connectivity index (χ4n) is 7.88. The van der Waals surface area contributed by atoms with Gasteiger partial charge in [0.2, 0.25) is 11.8 Å². The van der Waals surface area contributed by atoms with Crippen LogP contribution in [0.15, 0.2) is 91.0 Å². The van der Waals surface area contributed by atoms with Crippen LogP contribution >= 0.6 is 11.6 Å². The van der Waals surface area contributed by atoms with Gasteiger partial charge in [0.25, 0.3) is 11.8 Å². The second-order valence-corrected chi connectivity index (χ2v) is 14.8. The molecule has 4 aromatic carbocycles. The summed E-state index contributed by atoms with van der Waals surface area (Å²) in [4.78, 5) is 55.1. The molecule has 294 valence electrons. The minimum absolute atomic E-state index is 0.107. The number of allylic oxidation sites excluding steroid dienone is 1. The van der Waals surface area contributed by atoms with Crippen LogP contribution < -0.4 is 15.1 Å². The van der Waals surface area contributed by atoms with Crippen molar-refractivity contribution in [3.05, 3.63) is 119 Å². The summed E-state index contributed by atoms with van der Waals surface area (Å²) < 4.78 is 72.7. The standard InChI is InChI=1S/C45H46ClN5O6/c46-20-17-37(30-3-10-35(52)11-4-30)42(32-5-12-36(53)13-6-32)31-1-7-33(8-2-31)49-21-18-29(19-22-49)28-48-23-25-50(26-24-48)34-9-14-38-39(27-34)45(57)51(44(38)56)40-15-16-41(54)47-43(40)55/h1-14,27,29,40,52-53H,15-26,28H2,(H,47,54,55)/i23D2,24D2,25D2,26D2. The molecule has 0 bridgehead atoms. The molecule has 4 aliphatic heterocycles. The number of fused-ring (bicyclic) bond motifs is 1. The number of carbonyl (C=O) groups excluding carboxylic acids is 4. The Kier molecular flexibility index (Phi) is 8.53. The molecule has 4 heterocycles. The number of imide groups is 2. The van der Waals surface area contributed by atoms with E-state index in [2.05, 4.69) is 10.2 Å². The quantitative estimate of drug-likeness (QED) is 0.0986. The highest BCUT2D eigenvalue weighted by Crippen LogP contribution is 2.37. The van der Waals surface area contributed by atoms with Gasteiger partial charge in [-0.05, 0) is 114 Å². The Balaban J connectivity index is 0.998. The third-order valence-electron chi connectivity index (χ3n) is 10.9.